The number of sulfone groups is 1. The fourth-order valence-corrected chi connectivity index (χ4v) is 2.41. The molecule has 0 atom stereocenters. The van der Waals surface area contributed by atoms with Crippen molar-refractivity contribution in [3.63, 3.8) is 0 Å². The topological polar surface area (TPSA) is 61.2 Å². The molecule has 5 nitrogen and oxygen atoms in total. The van der Waals surface area contributed by atoms with Gasteiger partial charge in [-0.25, -0.2) is 13.4 Å². The molecule has 0 aliphatic heterocycles. The van der Waals surface area contributed by atoms with Crippen LogP contribution in [0.4, 0.5) is 0 Å². The normalized spacial score (nSPS) is 11.4. The van der Waals surface area contributed by atoms with Gasteiger partial charge in [0.15, 0.2) is 0 Å². The zero-order chi connectivity index (χ0) is 13.2. The van der Waals surface area contributed by atoms with E-state index in [2.05, 4.69) is 4.98 Å². The quantitative estimate of drug-likeness (QED) is 0.844. The minimum Gasteiger partial charge on any atom is -0.494 e. The summed E-state index contributed by atoms with van der Waals surface area (Å²) < 4.78 is 30.0. The lowest BCUT2D eigenvalue weighted by Crippen LogP contribution is -2.07. The Labute approximate surface area is 106 Å². The number of imidazole rings is 1. The van der Waals surface area contributed by atoms with Crippen LogP contribution in [0.25, 0.3) is 5.69 Å². The van der Waals surface area contributed by atoms with Crippen molar-refractivity contribution in [1.82, 2.24) is 9.55 Å². The highest BCUT2D eigenvalue weighted by Gasteiger charge is 2.15. The third-order valence-electron chi connectivity index (χ3n) is 2.36. The average molecular weight is 266 g/mol. The number of ether oxygens (including phenoxy) is 1. The first kappa shape index (κ1) is 12.6. The maximum absolute atomic E-state index is 11.5. The van der Waals surface area contributed by atoms with E-state index in [-0.39, 0.29) is 5.16 Å². The average Bonchev–Trinajstić information content (AvgIpc) is 2.79. The first-order valence-corrected chi connectivity index (χ1v) is 7.38. The van der Waals surface area contributed by atoms with E-state index in [1.54, 1.807) is 30.5 Å². The van der Waals surface area contributed by atoms with Gasteiger partial charge >= 0.3 is 0 Å². The Kier molecular flexibility index (Phi) is 3.38. The van der Waals surface area contributed by atoms with Gasteiger partial charge in [0.05, 0.1) is 6.61 Å². The molecular formula is C12H14N2O3S. The maximum atomic E-state index is 11.5. The van der Waals surface area contributed by atoms with E-state index in [4.69, 9.17) is 4.74 Å². The summed E-state index contributed by atoms with van der Waals surface area (Å²) in [5, 5.41) is 0.0339. The number of benzene rings is 1. The van der Waals surface area contributed by atoms with E-state index < -0.39 is 9.84 Å². The SMILES string of the molecule is CCOc1ccc(-n2ccnc2S(C)(=O)=O)cc1. The third-order valence-corrected chi connectivity index (χ3v) is 3.33. The van der Waals surface area contributed by atoms with Gasteiger partial charge in [0.25, 0.3) is 0 Å². The van der Waals surface area contributed by atoms with Crippen LogP contribution in [-0.4, -0.2) is 30.8 Å². The van der Waals surface area contributed by atoms with Crippen molar-refractivity contribution in [1.29, 1.82) is 0 Å². The lowest BCUT2D eigenvalue weighted by Gasteiger charge is -2.08. The Morgan fingerprint density at radius 1 is 1.28 bits per heavy atom. The maximum Gasteiger partial charge on any atom is 0.231 e. The van der Waals surface area contributed by atoms with E-state index in [0.717, 1.165) is 17.7 Å². The minimum absolute atomic E-state index is 0.0339. The monoisotopic (exact) mass is 266 g/mol. The van der Waals surface area contributed by atoms with Gasteiger partial charge in [-0.1, -0.05) is 0 Å². The molecule has 0 unspecified atom stereocenters. The lowest BCUT2D eigenvalue weighted by molar-refractivity contribution is 0.340. The van der Waals surface area contributed by atoms with Crippen LogP contribution in [-0.2, 0) is 9.84 Å². The highest BCUT2D eigenvalue weighted by atomic mass is 32.2. The second kappa shape index (κ2) is 4.81. The van der Waals surface area contributed by atoms with E-state index in [1.807, 2.05) is 6.92 Å². The molecule has 0 aliphatic rings. The standard InChI is InChI=1S/C12H14N2O3S/c1-3-17-11-6-4-10(5-7-11)14-9-8-13-12(14)18(2,15)16/h4-9H,3H2,1-2H3. The molecule has 1 aromatic heterocycles. The Hall–Kier alpha value is -1.82. The van der Waals surface area contributed by atoms with E-state index in [0.29, 0.717) is 6.61 Å². The van der Waals surface area contributed by atoms with Gasteiger partial charge in [0.2, 0.25) is 15.0 Å². The van der Waals surface area contributed by atoms with Gasteiger partial charge in [0.1, 0.15) is 5.75 Å². The predicted octanol–water partition coefficient (Wildman–Crippen LogP) is 1.67. The summed E-state index contributed by atoms with van der Waals surface area (Å²) in [6, 6.07) is 7.18. The van der Waals surface area contributed by atoms with Crippen molar-refractivity contribution in [3.05, 3.63) is 36.7 Å². The molecule has 0 N–H and O–H groups in total. The van der Waals surface area contributed by atoms with E-state index >= 15 is 0 Å². The largest absolute Gasteiger partial charge is 0.494 e. The second-order valence-corrected chi connectivity index (χ2v) is 5.69. The van der Waals surface area contributed by atoms with Crippen molar-refractivity contribution in [2.24, 2.45) is 0 Å². The highest BCUT2D eigenvalue weighted by Crippen LogP contribution is 2.18. The van der Waals surface area contributed by atoms with Crippen molar-refractivity contribution in [2.75, 3.05) is 12.9 Å². The van der Waals surface area contributed by atoms with Gasteiger partial charge in [-0.2, -0.15) is 0 Å². The Balaban J connectivity index is 2.41. The molecule has 0 spiro atoms. The molecule has 0 fully saturated rings. The van der Waals surface area contributed by atoms with Crippen molar-refractivity contribution in [3.8, 4) is 11.4 Å². The number of hydrogen-bond acceptors (Lipinski definition) is 4. The molecule has 0 bridgehead atoms. The summed E-state index contributed by atoms with van der Waals surface area (Å²) in [4.78, 5) is 3.87. The number of aromatic nitrogens is 2. The first-order chi connectivity index (χ1) is 8.52. The van der Waals surface area contributed by atoms with E-state index in [1.165, 1.54) is 10.8 Å². The first-order valence-electron chi connectivity index (χ1n) is 5.49. The zero-order valence-corrected chi connectivity index (χ0v) is 11.0. The fourth-order valence-electron chi connectivity index (χ4n) is 1.63. The van der Waals surface area contributed by atoms with Crippen LogP contribution in [0, 0.1) is 0 Å². The Bertz CT molecular complexity index is 630. The van der Waals surface area contributed by atoms with Gasteiger partial charge in [-0.05, 0) is 31.2 Å². The van der Waals surface area contributed by atoms with Gasteiger partial charge in [0, 0.05) is 24.3 Å². The van der Waals surface area contributed by atoms with Crippen LogP contribution in [0.3, 0.4) is 0 Å². The van der Waals surface area contributed by atoms with Crippen LogP contribution in [0.2, 0.25) is 0 Å². The molecule has 0 saturated heterocycles. The van der Waals surface area contributed by atoms with Gasteiger partial charge in [-0.15, -0.1) is 0 Å². The molecule has 2 aromatic rings. The lowest BCUT2D eigenvalue weighted by atomic mass is 10.3. The summed E-state index contributed by atoms with van der Waals surface area (Å²) in [5.74, 6) is 0.752. The summed E-state index contributed by atoms with van der Waals surface area (Å²) in [6.07, 6.45) is 4.22. The van der Waals surface area contributed by atoms with Crippen molar-refractivity contribution in [2.45, 2.75) is 12.1 Å². The molecule has 96 valence electrons. The predicted molar refractivity (Wildman–Crippen MR) is 67.8 cm³/mol. The molecule has 6 heteroatoms. The fraction of sp³-hybridized carbons (Fsp3) is 0.250. The molecule has 2 rings (SSSR count). The molecule has 18 heavy (non-hydrogen) atoms. The highest BCUT2D eigenvalue weighted by molar-refractivity contribution is 7.90. The summed E-state index contributed by atoms with van der Waals surface area (Å²) >= 11 is 0. The molecule has 0 saturated carbocycles. The molecule has 0 radical (unpaired) electrons. The second-order valence-electron chi connectivity index (χ2n) is 3.78. The molecular weight excluding hydrogens is 252 g/mol. The molecule has 0 aliphatic carbocycles. The van der Waals surface area contributed by atoms with Crippen molar-refractivity contribution >= 4 is 9.84 Å². The summed E-state index contributed by atoms with van der Waals surface area (Å²) in [5.41, 5.74) is 0.733. The van der Waals surface area contributed by atoms with Crippen LogP contribution in [0.1, 0.15) is 6.92 Å². The number of rotatable bonds is 4. The smallest absolute Gasteiger partial charge is 0.231 e. The van der Waals surface area contributed by atoms with Gasteiger partial charge < -0.3 is 4.74 Å². The number of hydrogen-bond donors (Lipinski definition) is 0. The van der Waals surface area contributed by atoms with Crippen LogP contribution >= 0.6 is 0 Å². The minimum atomic E-state index is -3.34. The van der Waals surface area contributed by atoms with Crippen LogP contribution < -0.4 is 4.74 Å². The van der Waals surface area contributed by atoms with Crippen LogP contribution in [0.15, 0.2) is 41.8 Å². The Morgan fingerprint density at radius 3 is 2.50 bits per heavy atom. The zero-order valence-electron chi connectivity index (χ0n) is 10.2. The molecule has 1 heterocycles. The van der Waals surface area contributed by atoms with Gasteiger partial charge in [-0.3, -0.25) is 4.57 Å². The number of nitrogens with zero attached hydrogens (tertiary/aromatic N) is 2. The summed E-state index contributed by atoms with van der Waals surface area (Å²) in [6.45, 7) is 2.50. The summed E-state index contributed by atoms with van der Waals surface area (Å²) in [7, 11) is -3.34. The van der Waals surface area contributed by atoms with Crippen LogP contribution in [0.5, 0.6) is 5.75 Å². The third kappa shape index (κ3) is 2.53. The van der Waals surface area contributed by atoms with E-state index in [9.17, 15) is 8.42 Å². The molecule has 1 aromatic carbocycles. The Morgan fingerprint density at radius 2 is 1.94 bits per heavy atom. The van der Waals surface area contributed by atoms with Crippen molar-refractivity contribution < 1.29 is 13.2 Å². The molecule has 0 amide bonds.